The first kappa shape index (κ1) is 78.0. The first-order chi connectivity index (χ1) is 43.7. The zero-order valence-electron chi connectivity index (χ0n) is 49.0. The molecule has 0 unspecified atom stereocenters. The fraction of sp³-hybridized carbons (Fsp3) is 0.980. The van der Waals surface area contributed by atoms with Gasteiger partial charge >= 0.3 is 29.6 Å². The van der Waals surface area contributed by atoms with Crippen LogP contribution in [0.4, 0.5) is 0 Å². The van der Waals surface area contributed by atoms with E-state index in [1.54, 1.807) is 0 Å². The van der Waals surface area contributed by atoms with E-state index in [1.165, 1.54) is 0 Å². The summed E-state index contributed by atoms with van der Waals surface area (Å²) in [5, 5.41) is 268. The predicted octanol–water partition coefficient (Wildman–Crippen LogP) is -20.9. The smallest absolute Gasteiger partial charge is 0.549 e. The molecule has 0 aliphatic carbocycles. The summed E-state index contributed by atoms with van der Waals surface area (Å²) in [6, 6.07) is 0. The first-order valence-corrected chi connectivity index (χ1v) is 30.3. The number of aliphatic hydroxyl groups is 23. The molecule has 30 heterocycles. The van der Waals surface area contributed by atoms with Crippen molar-refractivity contribution in [2.45, 2.75) is 246 Å². The molecule has 0 amide bonds. The van der Waals surface area contributed by atoms with Crippen LogP contribution in [-0.4, -0.2) is 427 Å². The average Bonchev–Trinajstić information content (AvgIpc) is 0.796. The van der Waals surface area contributed by atoms with Crippen LogP contribution in [0.25, 0.3) is 0 Å². The average molecular weight is 1390 g/mol. The van der Waals surface area contributed by atoms with Gasteiger partial charge in [-0.3, -0.25) is 0 Å². The van der Waals surface area contributed by atoms with E-state index in [2.05, 4.69) is 0 Å². The Balaban J connectivity index is 0.0000111. The normalized spacial score (nSPS) is 52.8. The van der Waals surface area contributed by atoms with Crippen molar-refractivity contribution in [2.75, 3.05) is 57.8 Å². The molecule has 16 bridgehead atoms. The molecule has 43 heteroatoms. The van der Waals surface area contributed by atoms with Gasteiger partial charge in [-0.1, -0.05) is 0 Å². The third-order valence-corrected chi connectivity index (χ3v) is 18.2. The van der Waals surface area contributed by atoms with Crippen LogP contribution in [0, 0.1) is 0 Å². The molecule has 23 N–H and O–H groups in total. The van der Waals surface area contributed by atoms with Crippen molar-refractivity contribution in [1.29, 1.82) is 0 Å². The summed E-state index contributed by atoms with van der Waals surface area (Å²) in [5.41, 5.74) is 0. The van der Waals surface area contributed by atoms with Gasteiger partial charge in [0.15, 0.2) is 50.3 Å². The van der Waals surface area contributed by atoms with Crippen LogP contribution in [0.3, 0.4) is 0 Å². The number of hydrogen-bond acceptors (Lipinski definition) is 42. The van der Waals surface area contributed by atoms with Gasteiger partial charge in [0.1, 0.15) is 189 Å². The minimum Gasteiger partial charge on any atom is -0.549 e. The Bertz CT molecular complexity index is 2290. The molecule has 534 valence electrons. The van der Waals surface area contributed by atoms with Gasteiger partial charge < -0.3 is 203 Å². The zero-order chi connectivity index (χ0) is 67.1. The molecule has 0 saturated carbocycles. The summed E-state index contributed by atoms with van der Waals surface area (Å²) in [5.74, 6) is -2.80. The number of carbonyl (C=O) groups is 1. The molecule has 30 aliphatic heterocycles. The zero-order valence-corrected chi connectivity index (χ0v) is 51.8. The number of ether oxygens (including phenoxy) is 16. The van der Waals surface area contributed by atoms with Crippen molar-refractivity contribution in [3.05, 3.63) is 0 Å². The number of carbonyl (C=O) groups excluding carboxylic acids is 1. The van der Waals surface area contributed by atoms with Gasteiger partial charge in [0.2, 0.25) is 0 Å². The Morgan fingerprint density at radius 3 is 0.527 bits per heavy atom. The summed E-state index contributed by atoms with van der Waals surface area (Å²) in [6.45, 7) is -7.68. The van der Waals surface area contributed by atoms with Gasteiger partial charge in [-0.25, -0.2) is 0 Å². The van der Waals surface area contributed by atoms with E-state index in [9.17, 15) is 127 Å². The van der Waals surface area contributed by atoms with Crippen molar-refractivity contribution in [2.24, 2.45) is 0 Å². The first-order valence-electron chi connectivity index (χ1n) is 29.2. The molecule has 30 saturated heterocycles. The van der Waals surface area contributed by atoms with Crippen LogP contribution >= 0.6 is 11.8 Å². The molecular weight excluding hydrogens is 1310 g/mol. The summed E-state index contributed by atoms with van der Waals surface area (Å²) in [6.07, 6.45) is -82.6. The van der Waals surface area contributed by atoms with Crippen LogP contribution < -0.4 is 34.7 Å². The molecule has 0 aromatic rings. The molecule has 0 aromatic heterocycles. The second kappa shape index (κ2) is 33.8. The monoisotopic (exact) mass is 1390 g/mol. The van der Waals surface area contributed by atoms with Gasteiger partial charge in [0.25, 0.3) is 0 Å². The van der Waals surface area contributed by atoms with Crippen molar-refractivity contribution < 1.29 is 233 Å². The molecule has 30 rings (SSSR count). The van der Waals surface area contributed by atoms with Gasteiger partial charge in [0, 0.05) is 11.5 Å². The number of hydrogen-bond donors (Lipinski definition) is 23. The Morgan fingerprint density at radius 1 is 0.247 bits per heavy atom. The maximum atomic E-state index is 11.6. The quantitative estimate of drug-likeness (QED) is 0.0854. The molecule has 93 heavy (non-hydrogen) atoms. The van der Waals surface area contributed by atoms with Crippen LogP contribution in [0.15, 0.2) is 0 Å². The topological polar surface area (TPSA) is 653 Å². The molecule has 0 aromatic carbocycles. The summed E-state index contributed by atoms with van der Waals surface area (Å²) >= 11 is 0.598. The van der Waals surface area contributed by atoms with E-state index >= 15 is 0 Å². The van der Waals surface area contributed by atoms with E-state index in [1.807, 2.05) is 0 Å². The number of thioether (sulfide) groups is 1. The van der Waals surface area contributed by atoms with E-state index < -0.39 is 309 Å². The molecule has 41 nitrogen and oxygen atoms in total. The summed E-state index contributed by atoms with van der Waals surface area (Å²) < 4.78 is 91.8. The SMILES string of the molecule is O=C([O-])CSC[C@H]1O[C@@H]2O[C@H]3[C@H](O)[C@@H](O)[C@@H](O[C@H]4[C@H](O)[C@@H](O)[C@@H](O[C@H]5[C@H](O)[C@@H](O)[C@@H](O[C@H]6[C@H](O)[C@H](O)[C@@H](O[C@H]7[C@H](O)[C@@H](O)[C@@H](O[C@H]8[C@H](O)[C@@H](O)[C@@H](O[C@H]9[C@H](O)[C@@H](O)[C@@H](O[C@H]1[C@H](O)[C@H]2O)O[C@@H]9CO)O[C@@H]8CO)O[C@@H]7CO)O[C@@H]6CO)O[C@@H]5CO)O[C@@H]4CO)O[C@@H]3CO.[Na+]. The second-order valence-corrected chi connectivity index (χ2v) is 24.2. The van der Waals surface area contributed by atoms with Gasteiger partial charge in [-0.05, 0) is 0 Å². The van der Waals surface area contributed by atoms with E-state index in [0.29, 0.717) is 11.8 Å². The van der Waals surface area contributed by atoms with Crippen molar-refractivity contribution in [3.8, 4) is 0 Å². The van der Waals surface area contributed by atoms with Gasteiger partial charge in [-0.15, -0.1) is 0 Å². The molecule has 30 fully saturated rings. The van der Waals surface area contributed by atoms with Crippen LogP contribution in [-0.2, 0) is 80.6 Å². The Kier molecular flexibility index (Phi) is 28.4. The standard InChI is InChI=1S/C50H82O41S.Na/c51-1-10-35-19(60)27(68)43(76-10)85-36-11(2-52)78-45(29(70)21(36)62)87-38-13(4-54)80-47(31(72)23(38)64)89-40-15(6-56)82-49(33(74)25(40)66)91-42-17(8-92-9-18(58)59)83-50(34(75)26(42)67)90-41-16(7-57)81-48(32(73)24(41)65)88-39-14(5-55)79-46(30(71)22(39)63)86-37-12(3-53)77-44(84-35)28(69)20(37)61;/h10-17,19-57,60-75H,1-9H2,(H,58,59);/q;+1/p-1/t10-,11-,12-,13-,14-,15-,16-,17-,19-,20-,21-,22-,23-,24-,25-,26-,27+,28-,29-,30-,31-,32-,33-,34-,35-,36-,37-,38-,39-,40-,41-,42-,43-,44-,45-,46-,47-,48-,49-,50-;/m1./s1. The molecular formula is C50H81NaO41S. The molecule has 30 aliphatic rings. The fourth-order valence-corrected chi connectivity index (χ4v) is 12.9. The summed E-state index contributed by atoms with van der Waals surface area (Å²) in [7, 11) is 0. The van der Waals surface area contributed by atoms with E-state index in [4.69, 9.17) is 75.8 Å². The second-order valence-electron chi connectivity index (χ2n) is 23.2. The number of aliphatic carboxylic acids is 1. The van der Waals surface area contributed by atoms with Crippen LogP contribution in [0.1, 0.15) is 0 Å². The van der Waals surface area contributed by atoms with Crippen molar-refractivity contribution in [1.82, 2.24) is 0 Å². The fourth-order valence-electron chi connectivity index (χ4n) is 12.1. The third-order valence-electron chi connectivity index (χ3n) is 17.2. The minimum atomic E-state index is -2.28. The maximum absolute atomic E-state index is 11.6. The number of aliphatic hydroxyl groups excluding tert-OH is 23. The summed E-state index contributed by atoms with van der Waals surface area (Å²) in [4.78, 5) is 11.5. The number of rotatable bonds is 11. The van der Waals surface area contributed by atoms with Crippen molar-refractivity contribution >= 4 is 17.7 Å². The molecule has 0 radical (unpaired) electrons. The van der Waals surface area contributed by atoms with Gasteiger partial charge in [-0.2, -0.15) is 11.8 Å². The molecule has 40 atom stereocenters. The van der Waals surface area contributed by atoms with E-state index in [-0.39, 0.29) is 29.6 Å². The Morgan fingerprint density at radius 2 is 0.387 bits per heavy atom. The van der Waals surface area contributed by atoms with Gasteiger partial charge in [0.05, 0.1) is 58.3 Å². The largest absolute Gasteiger partial charge is 1.00 e. The van der Waals surface area contributed by atoms with Crippen LogP contribution in [0.5, 0.6) is 0 Å². The van der Waals surface area contributed by atoms with Crippen LogP contribution in [0.2, 0.25) is 0 Å². The third kappa shape index (κ3) is 16.3. The van der Waals surface area contributed by atoms with E-state index in [0.717, 1.165) is 0 Å². The number of carboxylic acid groups (broad SMARTS) is 1. The Labute approximate surface area is 551 Å². The Hall–Kier alpha value is -0.740. The predicted molar refractivity (Wildman–Crippen MR) is 276 cm³/mol. The van der Waals surface area contributed by atoms with Crippen molar-refractivity contribution in [3.63, 3.8) is 0 Å². The molecule has 0 spiro atoms. The minimum absolute atomic E-state index is 0. The maximum Gasteiger partial charge on any atom is 1.00 e. The number of carboxylic acids is 1.